The zero-order chi connectivity index (χ0) is 11.7. The summed E-state index contributed by atoms with van der Waals surface area (Å²) in [6.07, 6.45) is 0.294. The van der Waals surface area contributed by atoms with Crippen LogP contribution in [0, 0.1) is 0 Å². The highest BCUT2D eigenvalue weighted by atomic mass is 35.5. The van der Waals surface area contributed by atoms with Crippen molar-refractivity contribution in [1.82, 2.24) is 0 Å². The standard InChI is InChI=1S/C10H7Cl2NO3/c1-15-10(14)8-3-5-2-6(11)4-7(12)9(5)16-13-8/h2,4H,3H2,1H3. The van der Waals surface area contributed by atoms with Gasteiger partial charge in [-0.1, -0.05) is 28.4 Å². The summed E-state index contributed by atoms with van der Waals surface area (Å²) in [7, 11) is 1.28. The van der Waals surface area contributed by atoms with Gasteiger partial charge >= 0.3 is 5.97 Å². The SMILES string of the molecule is COC(=O)C1=NOc2c(Cl)cc(Cl)cc2C1. The molecule has 0 fully saturated rings. The van der Waals surface area contributed by atoms with Crippen molar-refractivity contribution in [1.29, 1.82) is 0 Å². The van der Waals surface area contributed by atoms with Gasteiger partial charge in [-0.15, -0.1) is 0 Å². The van der Waals surface area contributed by atoms with Crippen LogP contribution in [0.15, 0.2) is 17.3 Å². The molecule has 0 radical (unpaired) electrons. The highest BCUT2D eigenvalue weighted by Crippen LogP contribution is 2.34. The Balaban J connectivity index is 2.36. The summed E-state index contributed by atoms with van der Waals surface area (Å²) in [5, 5.41) is 4.50. The molecule has 6 heteroatoms. The predicted molar refractivity (Wildman–Crippen MR) is 60.2 cm³/mol. The van der Waals surface area contributed by atoms with Crippen molar-refractivity contribution < 1.29 is 14.4 Å². The Bertz CT molecular complexity index is 485. The van der Waals surface area contributed by atoms with Gasteiger partial charge in [0.15, 0.2) is 11.5 Å². The maximum atomic E-state index is 11.2. The van der Waals surface area contributed by atoms with E-state index in [1.165, 1.54) is 7.11 Å². The molecule has 0 N–H and O–H groups in total. The number of halogens is 2. The maximum Gasteiger partial charge on any atom is 0.356 e. The van der Waals surface area contributed by atoms with E-state index in [2.05, 4.69) is 9.89 Å². The first-order chi connectivity index (χ1) is 7.61. The third kappa shape index (κ3) is 1.99. The minimum Gasteiger partial charge on any atom is -0.464 e. The molecular formula is C10H7Cl2NO3. The molecule has 0 atom stereocenters. The van der Waals surface area contributed by atoms with Crippen LogP contribution in [0.2, 0.25) is 10.0 Å². The lowest BCUT2D eigenvalue weighted by molar-refractivity contribution is -0.133. The van der Waals surface area contributed by atoms with E-state index in [0.29, 0.717) is 27.8 Å². The van der Waals surface area contributed by atoms with Gasteiger partial charge in [0.05, 0.1) is 12.1 Å². The minimum absolute atomic E-state index is 0.188. The number of carbonyl (C=O) groups excluding carboxylic acids is 1. The number of esters is 1. The van der Waals surface area contributed by atoms with Crippen molar-refractivity contribution in [2.75, 3.05) is 7.11 Å². The van der Waals surface area contributed by atoms with E-state index in [-0.39, 0.29) is 5.71 Å². The fraction of sp³-hybridized carbons (Fsp3) is 0.200. The van der Waals surface area contributed by atoms with E-state index in [1.807, 2.05) is 0 Å². The zero-order valence-corrected chi connectivity index (χ0v) is 9.80. The number of ether oxygens (including phenoxy) is 1. The van der Waals surface area contributed by atoms with Crippen LogP contribution in [0.3, 0.4) is 0 Å². The largest absolute Gasteiger partial charge is 0.464 e. The molecule has 0 unspecified atom stereocenters. The first kappa shape index (κ1) is 11.2. The third-order valence-corrected chi connectivity index (χ3v) is 2.61. The molecule has 0 spiro atoms. The molecule has 0 amide bonds. The number of oxime groups is 1. The number of rotatable bonds is 1. The Morgan fingerprint density at radius 3 is 2.94 bits per heavy atom. The van der Waals surface area contributed by atoms with Crippen LogP contribution in [0.25, 0.3) is 0 Å². The monoisotopic (exact) mass is 259 g/mol. The van der Waals surface area contributed by atoms with Crippen molar-refractivity contribution in [2.45, 2.75) is 6.42 Å². The molecule has 4 nitrogen and oxygen atoms in total. The topological polar surface area (TPSA) is 47.9 Å². The van der Waals surface area contributed by atoms with Crippen LogP contribution in [-0.2, 0) is 16.0 Å². The van der Waals surface area contributed by atoms with Gasteiger partial charge in [0.25, 0.3) is 0 Å². The molecule has 0 saturated carbocycles. The van der Waals surface area contributed by atoms with Gasteiger partial charge in [-0.25, -0.2) is 4.79 Å². The number of nitrogens with zero attached hydrogens (tertiary/aromatic N) is 1. The van der Waals surface area contributed by atoms with Crippen molar-refractivity contribution >= 4 is 34.9 Å². The van der Waals surface area contributed by atoms with Gasteiger partial charge in [-0.05, 0) is 12.1 Å². The lowest BCUT2D eigenvalue weighted by atomic mass is 10.1. The Labute approximate surface area is 102 Å². The Morgan fingerprint density at radius 1 is 1.50 bits per heavy atom. The highest BCUT2D eigenvalue weighted by molar-refractivity contribution is 6.38. The molecule has 1 aromatic rings. The van der Waals surface area contributed by atoms with E-state index in [1.54, 1.807) is 12.1 Å². The highest BCUT2D eigenvalue weighted by Gasteiger charge is 2.23. The van der Waals surface area contributed by atoms with Crippen LogP contribution in [0.5, 0.6) is 5.75 Å². The minimum atomic E-state index is -0.526. The van der Waals surface area contributed by atoms with E-state index in [9.17, 15) is 4.79 Å². The van der Waals surface area contributed by atoms with Crippen LogP contribution >= 0.6 is 23.2 Å². The molecular weight excluding hydrogens is 253 g/mol. The molecule has 1 aliphatic heterocycles. The molecule has 0 aromatic heterocycles. The third-order valence-electron chi connectivity index (χ3n) is 2.11. The number of hydrogen-bond acceptors (Lipinski definition) is 4. The van der Waals surface area contributed by atoms with Gasteiger partial charge in [-0.2, -0.15) is 0 Å². The number of hydrogen-bond donors (Lipinski definition) is 0. The average Bonchev–Trinajstić information content (AvgIpc) is 2.27. The van der Waals surface area contributed by atoms with E-state index in [0.717, 1.165) is 0 Å². The predicted octanol–water partition coefficient (Wildman–Crippen LogP) is 2.46. The van der Waals surface area contributed by atoms with E-state index in [4.69, 9.17) is 28.0 Å². The fourth-order valence-corrected chi connectivity index (χ4v) is 1.96. The summed E-state index contributed by atoms with van der Waals surface area (Å²) < 4.78 is 4.55. The van der Waals surface area contributed by atoms with Gasteiger partial charge in [0.2, 0.25) is 0 Å². The molecule has 0 aliphatic carbocycles. The molecule has 1 aliphatic rings. The first-order valence-corrected chi connectivity index (χ1v) is 5.17. The zero-order valence-electron chi connectivity index (χ0n) is 8.29. The lowest BCUT2D eigenvalue weighted by Crippen LogP contribution is -2.22. The van der Waals surface area contributed by atoms with Gasteiger partial charge in [0, 0.05) is 17.0 Å². The summed E-state index contributed by atoms with van der Waals surface area (Å²) in [5.74, 6) is -0.0968. The summed E-state index contributed by atoms with van der Waals surface area (Å²) in [6.45, 7) is 0. The second-order valence-corrected chi connectivity index (χ2v) is 4.02. The quantitative estimate of drug-likeness (QED) is 0.728. The first-order valence-electron chi connectivity index (χ1n) is 4.42. The van der Waals surface area contributed by atoms with Crippen LogP contribution < -0.4 is 4.84 Å². The van der Waals surface area contributed by atoms with E-state index >= 15 is 0 Å². The molecule has 1 heterocycles. The summed E-state index contributed by atoms with van der Waals surface area (Å²) >= 11 is 11.8. The van der Waals surface area contributed by atoms with Gasteiger partial charge < -0.3 is 9.57 Å². The molecule has 84 valence electrons. The van der Waals surface area contributed by atoms with Crippen LogP contribution in [-0.4, -0.2) is 18.8 Å². The maximum absolute atomic E-state index is 11.2. The van der Waals surface area contributed by atoms with E-state index < -0.39 is 5.97 Å². The molecule has 1 aromatic carbocycles. The smallest absolute Gasteiger partial charge is 0.356 e. The summed E-state index contributed by atoms with van der Waals surface area (Å²) in [6, 6.07) is 3.24. The number of methoxy groups -OCH3 is 1. The van der Waals surface area contributed by atoms with Crippen molar-refractivity contribution in [3.05, 3.63) is 27.7 Å². The summed E-state index contributed by atoms with van der Waals surface area (Å²) in [5.41, 5.74) is 0.904. The lowest BCUT2D eigenvalue weighted by Gasteiger charge is -2.15. The molecule has 16 heavy (non-hydrogen) atoms. The van der Waals surface area contributed by atoms with Gasteiger partial charge in [-0.3, -0.25) is 0 Å². The normalized spacial score (nSPS) is 13.6. The van der Waals surface area contributed by atoms with Crippen molar-refractivity contribution in [3.8, 4) is 5.75 Å². The molecule has 0 bridgehead atoms. The van der Waals surface area contributed by atoms with Crippen LogP contribution in [0.1, 0.15) is 5.56 Å². The Hall–Kier alpha value is -1.26. The number of fused-ring (bicyclic) bond motifs is 1. The number of benzene rings is 1. The summed E-state index contributed by atoms with van der Waals surface area (Å²) in [4.78, 5) is 16.3. The fourth-order valence-electron chi connectivity index (χ4n) is 1.39. The second kappa shape index (κ2) is 4.31. The van der Waals surface area contributed by atoms with Crippen molar-refractivity contribution in [3.63, 3.8) is 0 Å². The average molecular weight is 260 g/mol. The van der Waals surface area contributed by atoms with Crippen molar-refractivity contribution in [2.24, 2.45) is 5.16 Å². The Kier molecular flexibility index (Phi) is 3.03. The number of carbonyl (C=O) groups is 1. The molecule has 2 rings (SSSR count). The van der Waals surface area contributed by atoms with Crippen LogP contribution in [0.4, 0.5) is 0 Å². The Morgan fingerprint density at radius 2 is 2.25 bits per heavy atom. The molecule has 0 saturated heterocycles. The second-order valence-electron chi connectivity index (χ2n) is 3.17. The van der Waals surface area contributed by atoms with Gasteiger partial charge in [0.1, 0.15) is 0 Å².